The van der Waals surface area contributed by atoms with Crippen molar-refractivity contribution in [1.82, 2.24) is 9.88 Å². The molecule has 1 aromatic heterocycles. The maximum Gasteiger partial charge on any atom is 0.180 e. The Kier molecular flexibility index (Phi) is 4.75. The summed E-state index contributed by atoms with van der Waals surface area (Å²) in [4.78, 5) is 8.24. The number of aromatic nitrogens is 1. The van der Waals surface area contributed by atoms with Crippen LogP contribution >= 0.6 is 11.3 Å². The van der Waals surface area contributed by atoms with E-state index in [4.69, 9.17) is 10.5 Å². The highest BCUT2D eigenvalue weighted by Gasteiger charge is 2.16. The third-order valence-electron chi connectivity index (χ3n) is 3.91. The molecular weight excluding hydrogens is 294 g/mol. The van der Waals surface area contributed by atoms with E-state index in [9.17, 15) is 0 Å². The fraction of sp³-hybridized carbons (Fsp3) is 0.353. The van der Waals surface area contributed by atoms with E-state index in [1.54, 1.807) is 18.4 Å². The number of nitrogen functional groups attached to an aromatic ring is 1. The van der Waals surface area contributed by atoms with Gasteiger partial charge in [0.05, 0.1) is 12.8 Å². The number of nitrogens with two attached hydrogens (primary N) is 1. The molecule has 3 rings (SSSR count). The van der Waals surface area contributed by atoms with Gasteiger partial charge in [-0.2, -0.15) is 0 Å². The van der Waals surface area contributed by atoms with Crippen molar-refractivity contribution in [2.24, 2.45) is 0 Å². The first-order valence-electron chi connectivity index (χ1n) is 7.52. The van der Waals surface area contributed by atoms with E-state index < -0.39 is 0 Å². The third kappa shape index (κ3) is 3.48. The molecule has 1 aliphatic rings. The lowest BCUT2D eigenvalue weighted by Gasteiger charge is -2.17. The van der Waals surface area contributed by atoms with Crippen LogP contribution in [0, 0.1) is 0 Å². The molecule has 0 atom stereocenters. The Morgan fingerprint density at radius 2 is 2.14 bits per heavy atom. The summed E-state index contributed by atoms with van der Waals surface area (Å²) < 4.78 is 5.37. The lowest BCUT2D eigenvalue weighted by Crippen LogP contribution is -2.26. The topological polar surface area (TPSA) is 51.4 Å². The number of ether oxygens (including phenoxy) is 1. The fourth-order valence-electron chi connectivity index (χ4n) is 2.74. The molecule has 116 valence electrons. The van der Waals surface area contributed by atoms with Crippen LogP contribution in [0.1, 0.15) is 16.1 Å². The molecule has 2 N–H and O–H groups in total. The van der Waals surface area contributed by atoms with Crippen LogP contribution in [-0.4, -0.2) is 36.6 Å². The molecule has 0 saturated carbocycles. The highest BCUT2D eigenvalue weighted by molar-refractivity contribution is 7.15. The lowest BCUT2D eigenvalue weighted by atomic mass is 10.2. The molecule has 22 heavy (non-hydrogen) atoms. The van der Waals surface area contributed by atoms with Gasteiger partial charge in [0, 0.05) is 36.5 Å². The van der Waals surface area contributed by atoms with Gasteiger partial charge in [0.1, 0.15) is 5.75 Å². The van der Waals surface area contributed by atoms with Crippen LogP contribution < -0.4 is 10.5 Å². The SMILES string of the molecule is COc1ccccc1C=CCN1CCc2nc(N)sc2CC1. The minimum atomic E-state index is 0.703. The molecule has 2 heterocycles. The summed E-state index contributed by atoms with van der Waals surface area (Å²) >= 11 is 1.64. The van der Waals surface area contributed by atoms with Gasteiger partial charge in [-0.25, -0.2) is 4.98 Å². The second-order valence-electron chi connectivity index (χ2n) is 5.37. The Labute approximate surface area is 135 Å². The second kappa shape index (κ2) is 6.94. The highest BCUT2D eigenvalue weighted by atomic mass is 32.1. The Balaban J connectivity index is 1.58. The van der Waals surface area contributed by atoms with Crippen LogP contribution in [0.15, 0.2) is 30.3 Å². The van der Waals surface area contributed by atoms with E-state index in [1.807, 2.05) is 18.2 Å². The average Bonchev–Trinajstić information content (AvgIpc) is 2.79. The van der Waals surface area contributed by atoms with Crippen molar-refractivity contribution >= 4 is 22.5 Å². The first kappa shape index (κ1) is 15.1. The molecule has 0 spiro atoms. The monoisotopic (exact) mass is 315 g/mol. The number of fused-ring (bicyclic) bond motifs is 1. The molecule has 0 bridgehead atoms. The predicted octanol–water partition coefficient (Wildman–Crippen LogP) is 2.85. The molecule has 5 heteroatoms. The van der Waals surface area contributed by atoms with Crippen molar-refractivity contribution in [1.29, 1.82) is 0 Å². The molecule has 0 unspecified atom stereocenters. The third-order valence-corrected chi connectivity index (χ3v) is 4.90. The van der Waals surface area contributed by atoms with Crippen molar-refractivity contribution < 1.29 is 4.74 Å². The van der Waals surface area contributed by atoms with Crippen LogP contribution in [0.3, 0.4) is 0 Å². The first-order chi connectivity index (χ1) is 10.8. The van der Waals surface area contributed by atoms with Crippen molar-refractivity contribution in [2.45, 2.75) is 12.8 Å². The zero-order chi connectivity index (χ0) is 15.4. The van der Waals surface area contributed by atoms with Gasteiger partial charge in [-0.05, 0) is 12.5 Å². The van der Waals surface area contributed by atoms with Gasteiger partial charge in [-0.1, -0.05) is 30.4 Å². The highest BCUT2D eigenvalue weighted by Crippen LogP contribution is 2.24. The minimum Gasteiger partial charge on any atom is -0.496 e. The van der Waals surface area contributed by atoms with Crippen molar-refractivity contribution in [3.63, 3.8) is 0 Å². The Bertz CT molecular complexity index is 640. The van der Waals surface area contributed by atoms with E-state index in [0.29, 0.717) is 5.13 Å². The van der Waals surface area contributed by atoms with E-state index in [-0.39, 0.29) is 0 Å². The molecule has 0 aliphatic carbocycles. The largest absolute Gasteiger partial charge is 0.496 e. The number of benzene rings is 1. The number of thiazole rings is 1. The van der Waals surface area contributed by atoms with E-state index in [2.05, 4.69) is 28.1 Å². The van der Waals surface area contributed by atoms with E-state index >= 15 is 0 Å². The fourth-order valence-corrected chi connectivity index (χ4v) is 3.61. The normalized spacial score (nSPS) is 15.7. The molecule has 4 nitrogen and oxygen atoms in total. The zero-order valence-corrected chi connectivity index (χ0v) is 13.6. The van der Waals surface area contributed by atoms with Gasteiger partial charge in [0.15, 0.2) is 5.13 Å². The summed E-state index contributed by atoms with van der Waals surface area (Å²) in [5.74, 6) is 0.913. The number of rotatable bonds is 4. The Hall–Kier alpha value is -1.85. The van der Waals surface area contributed by atoms with Crippen molar-refractivity contribution in [2.75, 3.05) is 32.5 Å². The summed E-state index contributed by atoms with van der Waals surface area (Å²) in [5.41, 5.74) is 8.10. The number of methoxy groups -OCH3 is 1. The average molecular weight is 315 g/mol. The second-order valence-corrected chi connectivity index (χ2v) is 6.48. The number of para-hydroxylation sites is 1. The van der Waals surface area contributed by atoms with Crippen molar-refractivity contribution in [3.8, 4) is 5.75 Å². The van der Waals surface area contributed by atoms with Gasteiger partial charge in [-0.3, -0.25) is 4.90 Å². The quantitative estimate of drug-likeness (QED) is 0.942. The number of hydrogen-bond acceptors (Lipinski definition) is 5. The molecule has 0 radical (unpaired) electrons. The summed E-state index contributed by atoms with van der Waals surface area (Å²) in [7, 11) is 1.71. The Morgan fingerprint density at radius 1 is 1.32 bits per heavy atom. The maximum absolute atomic E-state index is 5.79. The molecule has 1 aromatic carbocycles. The molecule has 0 amide bonds. The van der Waals surface area contributed by atoms with Gasteiger partial charge in [0.25, 0.3) is 0 Å². The summed E-state index contributed by atoms with van der Waals surface area (Å²) in [6.45, 7) is 3.04. The number of hydrogen-bond donors (Lipinski definition) is 1. The molecule has 0 saturated heterocycles. The van der Waals surface area contributed by atoms with Gasteiger partial charge in [0.2, 0.25) is 0 Å². The molecule has 1 aliphatic heterocycles. The zero-order valence-electron chi connectivity index (χ0n) is 12.8. The van der Waals surface area contributed by atoms with Gasteiger partial charge >= 0.3 is 0 Å². The number of nitrogens with zero attached hydrogens (tertiary/aromatic N) is 2. The van der Waals surface area contributed by atoms with Crippen LogP contribution in [0.4, 0.5) is 5.13 Å². The Morgan fingerprint density at radius 3 is 3.00 bits per heavy atom. The van der Waals surface area contributed by atoms with Crippen LogP contribution in [0.25, 0.3) is 6.08 Å². The summed E-state index contributed by atoms with van der Waals surface area (Å²) in [6.07, 6.45) is 6.38. The number of anilines is 1. The van der Waals surface area contributed by atoms with Gasteiger partial charge < -0.3 is 10.5 Å². The molecule has 0 fully saturated rings. The van der Waals surface area contributed by atoms with Crippen LogP contribution in [-0.2, 0) is 12.8 Å². The van der Waals surface area contributed by atoms with Crippen LogP contribution in [0.2, 0.25) is 0 Å². The predicted molar refractivity (Wildman–Crippen MR) is 92.4 cm³/mol. The molecule has 2 aromatic rings. The van der Waals surface area contributed by atoms with E-state index in [0.717, 1.165) is 43.8 Å². The lowest BCUT2D eigenvalue weighted by molar-refractivity contribution is 0.318. The standard InChI is InChI=1S/C17H21N3OS/c1-21-15-7-3-2-5-13(15)6-4-10-20-11-8-14-16(9-12-20)22-17(18)19-14/h2-7H,8-12H2,1H3,(H2,18,19). The van der Waals surface area contributed by atoms with Gasteiger partial charge in [-0.15, -0.1) is 11.3 Å². The van der Waals surface area contributed by atoms with Crippen molar-refractivity contribution in [3.05, 3.63) is 46.5 Å². The van der Waals surface area contributed by atoms with E-state index in [1.165, 1.54) is 10.6 Å². The summed E-state index contributed by atoms with van der Waals surface area (Å²) in [5, 5.41) is 0.703. The molecular formula is C17H21N3OS. The van der Waals surface area contributed by atoms with Crippen LogP contribution in [0.5, 0.6) is 5.75 Å². The minimum absolute atomic E-state index is 0.703. The maximum atomic E-state index is 5.79. The smallest absolute Gasteiger partial charge is 0.180 e. The first-order valence-corrected chi connectivity index (χ1v) is 8.34. The summed E-state index contributed by atoms with van der Waals surface area (Å²) in [6, 6.07) is 8.08.